The number of aromatic nitrogens is 3. The maximum absolute atomic E-state index is 12.1. The first-order chi connectivity index (χ1) is 15.0. The quantitative estimate of drug-likeness (QED) is 0.467. The van der Waals surface area contributed by atoms with Gasteiger partial charge in [0.05, 0.1) is 12.3 Å². The van der Waals surface area contributed by atoms with Crippen LogP contribution in [0.1, 0.15) is 32.6 Å². The van der Waals surface area contributed by atoms with Crippen LogP contribution >= 0.6 is 11.3 Å². The molecule has 1 aromatic carbocycles. The lowest BCUT2D eigenvalue weighted by Crippen LogP contribution is -2.34. The normalized spacial score (nSPS) is 19.4. The molecule has 3 aromatic rings. The zero-order chi connectivity index (χ0) is 21.8. The van der Waals surface area contributed by atoms with Gasteiger partial charge in [-0.2, -0.15) is 0 Å². The molecule has 0 atom stereocenters. The molecule has 9 nitrogen and oxygen atoms in total. The molecule has 31 heavy (non-hydrogen) atoms. The highest BCUT2D eigenvalue weighted by molar-refractivity contribution is 7.91. The number of hydrogen-bond donors (Lipinski definition) is 3. The minimum absolute atomic E-state index is 0.00108. The number of nitrogens with one attached hydrogen (secondary N) is 3. The number of nitrogens with zero attached hydrogens (tertiary/aromatic N) is 3. The van der Waals surface area contributed by atoms with E-state index in [0.717, 1.165) is 53.7 Å². The summed E-state index contributed by atoms with van der Waals surface area (Å²) in [4.78, 5) is 13.0. The molecule has 0 unspecified atom stereocenters. The summed E-state index contributed by atoms with van der Waals surface area (Å²) in [5.74, 6) is 1.09. The van der Waals surface area contributed by atoms with Gasteiger partial charge in [-0.1, -0.05) is 30.4 Å². The van der Waals surface area contributed by atoms with Crippen LogP contribution in [0.4, 0.5) is 10.9 Å². The number of ether oxygens (including phenoxy) is 1. The van der Waals surface area contributed by atoms with Gasteiger partial charge in [-0.05, 0) is 38.8 Å². The van der Waals surface area contributed by atoms with E-state index in [0.29, 0.717) is 23.5 Å². The first kappa shape index (κ1) is 21.9. The summed E-state index contributed by atoms with van der Waals surface area (Å²) in [5, 5.41) is 7.81. The van der Waals surface area contributed by atoms with E-state index in [4.69, 9.17) is 4.74 Å². The number of hydrogen-bond acceptors (Lipinski definition) is 9. The third-order valence-electron chi connectivity index (χ3n) is 5.23. The molecule has 4 rings (SSSR count). The van der Waals surface area contributed by atoms with E-state index in [2.05, 4.69) is 30.3 Å². The molecule has 1 aliphatic carbocycles. The summed E-state index contributed by atoms with van der Waals surface area (Å²) in [7, 11) is -1.59. The van der Waals surface area contributed by atoms with Crippen LogP contribution in [0.15, 0.2) is 34.9 Å². The highest BCUT2D eigenvalue weighted by Gasteiger charge is 2.22. The molecule has 2 aromatic heterocycles. The van der Waals surface area contributed by atoms with Crippen molar-refractivity contribution in [3.63, 3.8) is 0 Å². The van der Waals surface area contributed by atoms with Crippen molar-refractivity contribution < 1.29 is 13.2 Å². The summed E-state index contributed by atoms with van der Waals surface area (Å²) >= 11 is 1.03. The van der Waals surface area contributed by atoms with Gasteiger partial charge in [0, 0.05) is 24.2 Å². The highest BCUT2D eigenvalue weighted by Crippen LogP contribution is 2.30. The third-order valence-corrected chi connectivity index (χ3v) is 8.08. The Labute approximate surface area is 185 Å². The van der Waals surface area contributed by atoms with E-state index in [1.807, 2.05) is 25.2 Å². The monoisotopic (exact) mass is 462 g/mol. The van der Waals surface area contributed by atoms with Crippen LogP contribution in [-0.4, -0.2) is 49.1 Å². The van der Waals surface area contributed by atoms with Gasteiger partial charge in [-0.25, -0.2) is 28.1 Å². The van der Waals surface area contributed by atoms with Crippen molar-refractivity contribution in [3.05, 3.63) is 30.6 Å². The maximum Gasteiger partial charge on any atom is 0.267 e. The Bertz CT molecular complexity index is 1140. The molecule has 11 heteroatoms. The predicted molar refractivity (Wildman–Crippen MR) is 122 cm³/mol. The fraction of sp³-hybridized carbons (Fsp3) is 0.450. The van der Waals surface area contributed by atoms with E-state index < -0.39 is 10.0 Å². The van der Waals surface area contributed by atoms with Gasteiger partial charge in [0.1, 0.15) is 16.3 Å². The molecule has 0 aliphatic heterocycles. The number of anilines is 2. The van der Waals surface area contributed by atoms with E-state index in [9.17, 15) is 8.42 Å². The second kappa shape index (κ2) is 9.43. The van der Waals surface area contributed by atoms with Crippen molar-refractivity contribution in [2.24, 2.45) is 0 Å². The Morgan fingerprint density at radius 1 is 1.16 bits per heavy atom. The first-order valence-corrected chi connectivity index (χ1v) is 12.6. The number of rotatable bonds is 8. The fourth-order valence-corrected chi connectivity index (χ4v) is 5.76. The van der Waals surface area contributed by atoms with Gasteiger partial charge >= 0.3 is 0 Å². The van der Waals surface area contributed by atoms with Crippen LogP contribution in [0.25, 0.3) is 10.9 Å². The lowest BCUT2D eigenvalue weighted by molar-refractivity contribution is 0.143. The smallest absolute Gasteiger partial charge is 0.267 e. The van der Waals surface area contributed by atoms with Crippen LogP contribution in [0.5, 0.6) is 5.75 Å². The Balaban J connectivity index is 1.53. The molecule has 0 radical (unpaired) electrons. The number of thiazole rings is 1. The summed E-state index contributed by atoms with van der Waals surface area (Å²) < 4.78 is 32.9. The van der Waals surface area contributed by atoms with Gasteiger partial charge in [0.15, 0.2) is 0 Å². The van der Waals surface area contributed by atoms with Gasteiger partial charge in [0.2, 0.25) is 10.3 Å². The molecule has 1 fully saturated rings. The van der Waals surface area contributed by atoms with Crippen LogP contribution in [0.2, 0.25) is 0 Å². The van der Waals surface area contributed by atoms with Gasteiger partial charge in [-0.15, -0.1) is 0 Å². The van der Waals surface area contributed by atoms with Crippen molar-refractivity contribution in [2.75, 3.05) is 18.9 Å². The van der Waals surface area contributed by atoms with Crippen LogP contribution < -0.4 is 20.1 Å². The topological polar surface area (TPSA) is 118 Å². The van der Waals surface area contributed by atoms with Crippen molar-refractivity contribution >= 4 is 43.2 Å². The zero-order valence-electron chi connectivity index (χ0n) is 17.5. The molecular weight excluding hydrogens is 436 g/mol. The molecule has 0 saturated heterocycles. The lowest BCUT2D eigenvalue weighted by atomic mass is 9.93. The number of para-hydroxylation sites is 1. The highest BCUT2D eigenvalue weighted by atomic mass is 32.2. The van der Waals surface area contributed by atoms with E-state index >= 15 is 0 Å². The third kappa shape index (κ3) is 5.12. The first-order valence-electron chi connectivity index (χ1n) is 10.3. The summed E-state index contributed by atoms with van der Waals surface area (Å²) in [5.41, 5.74) is 0.723. The number of benzene rings is 1. The summed E-state index contributed by atoms with van der Waals surface area (Å²) in [6.07, 6.45) is 7.55. The van der Waals surface area contributed by atoms with Crippen LogP contribution in [-0.2, 0) is 10.0 Å². The van der Waals surface area contributed by atoms with Crippen molar-refractivity contribution in [1.29, 1.82) is 0 Å². The number of sulfonamides is 1. The predicted octanol–water partition coefficient (Wildman–Crippen LogP) is 3.04. The maximum atomic E-state index is 12.1. The minimum atomic E-state index is -3.59. The average Bonchev–Trinajstić information content (AvgIpc) is 3.24. The summed E-state index contributed by atoms with van der Waals surface area (Å²) in [6, 6.07) is 6.37. The Kier molecular flexibility index (Phi) is 6.65. The van der Waals surface area contributed by atoms with Gasteiger partial charge in [0.25, 0.3) is 10.0 Å². The molecule has 166 valence electrons. The zero-order valence-corrected chi connectivity index (χ0v) is 19.1. The minimum Gasteiger partial charge on any atom is -0.488 e. The molecule has 2 heterocycles. The lowest BCUT2D eigenvalue weighted by Gasteiger charge is -2.28. The SMILES string of the molecule is CCNS(=O)(=O)c1ncc(Nc2ncc3cccc(OC4CCC(NC)CC4)c3n2)s1. The molecular formula is C20H26N6O3S2. The molecule has 3 N–H and O–H groups in total. The van der Waals surface area contributed by atoms with Crippen molar-refractivity contribution in [1.82, 2.24) is 25.0 Å². The van der Waals surface area contributed by atoms with E-state index in [-0.39, 0.29) is 10.4 Å². The standard InChI is InChI=1S/C20H26N6O3S2/c1-3-24-31(27,28)20-23-12-17(30-20)25-19-22-11-13-5-4-6-16(18(13)26-19)29-15-9-7-14(21-2)8-10-15/h4-6,11-12,14-15,21,24H,3,7-10H2,1-2H3,(H,22,25,26). The van der Waals surface area contributed by atoms with Crippen LogP contribution in [0, 0.1) is 0 Å². The molecule has 0 amide bonds. The van der Waals surface area contributed by atoms with Crippen LogP contribution in [0.3, 0.4) is 0 Å². The summed E-state index contributed by atoms with van der Waals surface area (Å²) in [6.45, 7) is 2.02. The van der Waals surface area contributed by atoms with E-state index in [1.54, 1.807) is 13.1 Å². The average molecular weight is 463 g/mol. The largest absolute Gasteiger partial charge is 0.488 e. The Morgan fingerprint density at radius 3 is 2.71 bits per heavy atom. The molecule has 0 spiro atoms. The second-order valence-corrected chi connectivity index (χ2v) is 10.4. The molecule has 1 aliphatic rings. The van der Waals surface area contributed by atoms with Gasteiger partial charge in [-0.3, -0.25) is 0 Å². The Hall–Kier alpha value is -2.34. The Morgan fingerprint density at radius 2 is 1.97 bits per heavy atom. The van der Waals surface area contributed by atoms with Crippen molar-refractivity contribution in [2.45, 2.75) is 49.1 Å². The fourth-order valence-electron chi connectivity index (χ4n) is 3.63. The van der Waals surface area contributed by atoms with E-state index in [1.165, 1.54) is 6.20 Å². The van der Waals surface area contributed by atoms with Crippen molar-refractivity contribution in [3.8, 4) is 5.75 Å². The second-order valence-electron chi connectivity index (χ2n) is 7.38. The molecule has 1 saturated carbocycles. The van der Waals surface area contributed by atoms with Gasteiger partial charge < -0.3 is 15.4 Å². The molecule has 0 bridgehead atoms. The number of fused-ring (bicyclic) bond motifs is 1.